The number of carbonyl (C=O) groups excluding carboxylic acids is 2. The van der Waals surface area contributed by atoms with Crippen molar-refractivity contribution in [1.82, 2.24) is 25.2 Å². The lowest BCUT2D eigenvalue weighted by Gasteiger charge is -2.32. The fourth-order valence-corrected chi connectivity index (χ4v) is 5.81. The van der Waals surface area contributed by atoms with Gasteiger partial charge in [-0.3, -0.25) is 9.59 Å². The summed E-state index contributed by atoms with van der Waals surface area (Å²) in [5.74, 6) is 0.160. The van der Waals surface area contributed by atoms with Crippen LogP contribution in [0.3, 0.4) is 0 Å². The topological polar surface area (TPSA) is 98.6 Å². The molecule has 1 saturated heterocycles. The van der Waals surface area contributed by atoms with Gasteiger partial charge in [-0.05, 0) is 55.0 Å². The van der Waals surface area contributed by atoms with Gasteiger partial charge in [-0.15, -0.1) is 16.4 Å². The number of rotatable bonds is 10. The average Bonchev–Trinajstić information content (AvgIpc) is 3.70. The molecule has 0 saturated carbocycles. The second-order valence-corrected chi connectivity index (χ2v) is 10.3. The molecule has 0 spiro atoms. The van der Waals surface area contributed by atoms with Crippen molar-refractivity contribution in [3.05, 3.63) is 76.0 Å². The minimum Gasteiger partial charge on any atom is -0.496 e. The summed E-state index contributed by atoms with van der Waals surface area (Å²) in [6, 6.07) is 16.2. The number of amides is 2. The highest BCUT2D eigenvalue weighted by atomic mass is 32.1. The quantitative estimate of drug-likeness (QED) is 0.332. The first kappa shape index (κ1) is 25.9. The highest BCUT2D eigenvalue weighted by molar-refractivity contribution is 7.10. The lowest BCUT2D eigenvalue weighted by atomic mass is 10.1. The summed E-state index contributed by atoms with van der Waals surface area (Å²) in [5.41, 5.74) is 3.22. The molecule has 5 rings (SSSR count). The summed E-state index contributed by atoms with van der Waals surface area (Å²) >= 11 is 1.47. The third-order valence-electron chi connectivity index (χ3n) is 6.80. The number of nitrogens with zero attached hydrogens (tertiary/aromatic N) is 4. The fraction of sp³-hybridized carbons (Fsp3) is 0.357. The third kappa shape index (κ3) is 5.56. The van der Waals surface area contributed by atoms with Gasteiger partial charge in [-0.2, -0.15) is 0 Å². The van der Waals surface area contributed by atoms with Gasteiger partial charge in [0.1, 0.15) is 23.9 Å². The zero-order valence-electron chi connectivity index (χ0n) is 21.5. The Morgan fingerprint density at radius 2 is 2.03 bits per heavy atom. The molecule has 2 aromatic carbocycles. The molecule has 1 fully saturated rings. The number of benzene rings is 2. The Labute approximate surface area is 225 Å². The van der Waals surface area contributed by atoms with Crippen molar-refractivity contribution in [1.29, 1.82) is 0 Å². The molecule has 2 amide bonds. The Bertz CT molecular complexity index is 1410. The zero-order valence-corrected chi connectivity index (χ0v) is 22.3. The van der Waals surface area contributed by atoms with Crippen molar-refractivity contribution in [3.8, 4) is 5.75 Å². The number of nitrogens with one attached hydrogen (secondary N) is 1. The standard InChI is InChI=1S/C28H31N5O4S/c1-19-13-15-38-27(19)26(28(35)29-16-21-9-7-14-37-21)32(17-20-8-3-6-12-24(20)36-2)25(34)18-33-23-11-5-4-10-22(23)30-31-33/h3-6,8,10-13,15,21,26H,7,9,14,16-18H2,1-2H3,(H,29,35)/t21-,26+/m1/s1. The molecule has 2 atom stereocenters. The molecule has 0 radical (unpaired) electrons. The first-order chi connectivity index (χ1) is 18.5. The molecule has 1 N–H and O–H groups in total. The molecule has 1 aliphatic heterocycles. The Kier molecular flexibility index (Phi) is 8.00. The van der Waals surface area contributed by atoms with Gasteiger partial charge in [0.05, 0.1) is 25.3 Å². The van der Waals surface area contributed by atoms with Crippen LogP contribution in [0.4, 0.5) is 0 Å². The Hall–Kier alpha value is -3.76. The number of hydrogen-bond donors (Lipinski definition) is 1. The molecule has 2 aromatic heterocycles. The van der Waals surface area contributed by atoms with E-state index in [2.05, 4.69) is 15.6 Å². The van der Waals surface area contributed by atoms with E-state index in [1.807, 2.05) is 66.9 Å². The summed E-state index contributed by atoms with van der Waals surface area (Å²) < 4.78 is 12.9. The van der Waals surface area contributed by atoms with Crippen molar-refractivity contribution in [2.45, 2.75) is 45.0 Å². The molecule has 0 bridgehead atoms. The molecule has 0 aliphatic carbocycles. The Balaban J connectivity index is 1.51. The highest BCUT2D eigenvalue weighted by Gasteiger charge is 2.35. The number of aryl methyl sites for hydroxylation is 1. The van der Waals surface area contributed by atoms with Crippen LogP contribution in [0.25, 0.3) is 11.0 Å². The molecule has 198 valence electrons. The van der Waals surface area contributed by atoms with E-state index in [0.29, 0.717) is 24.4 Å². The molecule has 0 unspecified atom stereocenters. The van der Waals surface area contributed by atoms with E-state index in [0.717, 1.165) is 34.4 Å². The van der Waals surface area contributed by atoms with E-state index >= 15 is 0 Å². The van der Waals surface area contributed by atoms with Gasteiger partial charge in [0.2, 0.25) is 11.8 Å². The van der Waals surface area contributed by atoms with Gasteiger partial charge in [-0.25, -0.2) is 4.68 Å². The van der Waals surface area contributed by atoms with E-state index in [4.69, 9.17) is 9.47 Å². The van der Waals surface area contributed by atoms with Crippen LogP contribution in [0.5, 0.6) is 5.75 Å². The molecule has 9 nitrogen and oxygen atoms in total. The maximum Gasteiger partial charge on any atom is 0.248 e. The second-order valence-electron chi connectivity index (χ2n) is 9.32. The molecule has 38 heavy (non-hydrogen) atoms. The number of hydrogen-bond acceptors (Lipinski definition) is 7. The first-order valence-corrected chi connectivity index (χ1v) is 13.6. The van der Waals surface area contributed by atoms with Crippen LogP contribution < -0.4 is 10.1 Å². The largest absolute Gasteiger partial charge is 0.496 e. The van der Waals surface area contributed by atoms with Crippen molar-refractivity contribution in [2.24, 2.45) is 0 Å². The van der Waals surface area contributed by atoms with Gasteiger partial charge in [0.25, 0.3) is 0 Å². The van der Waals surface area contributed by atoms with Crippen LogP contribution in [0.15, 0.2) is 60.0 Å². The Morgan fingerprint density at radius 3 is 2.79 bits per heavy atom. The van der Waals surface area contributed by atoms with Crippen LogP contribution in [-0.4, -0.2) is 58.1 Å². The number of aromatic nitrogens is 3. The SMILES string of the molecule is COc1ccccc1CN(C(=O)Cn1nnc2ccccc21)[C@H](C(=O)NC[C@H]1CCCO1)c1sccc1C. The minimum atomic E-state index is -0.830. The minimum absolute atomic E-state index is 0.0103. The van der Waals surface area contributed by atoms with Gasteiger partial charge >= 0.3 is 0 Å². The highest BCUT2D eigenvalue weighted by Crippen LogP contribution is 2.32. The van der Waals surface area contributed by atoms with Gasteiger partial charge in [0.15, 0.2) is 0 Å². The van der Waals surface area contributed by atoms with Crippen molar-refractivity contribution in [3.63, 3.8) is 0 Å². The van der Waals surface area contributed by atoms with Gasteiger partial charge in [0, 0.05) is 23.6 Å². The molecular weight excluding hydrogens is 502 g/mol. The third-order valence-corrected chi connectivity index (χ3v) is 7.87. The van der Waals surface area contributed by atoms with Crippen LogP contribution in [0, 0.1) is 6.92 Å². The molecular formula is C28H31N5O4S. The van der Waals surface area contributed by atoms with E-state index in [1.54, 1.807) is 16.7 Å². The molecule has 1 aliphatic rings. The van der Waals surface area contributed by atoms with Crippen LogP contribution in [0.2, 0.25) is 0 Å². The number of methoxy groups -OCH3 is 1. The summed E-state index contributed by atoms with van der Waals surface area (Å²) in [6.45, 7) is 3.20. The number of fused-ring (bicyclic) bond motifs is 1. The lowest BCUT2D eigenvalue weighted by Crippen LogP contribution is -2.46. The van der Waals surface area contributed by atoms with Crippen LogP contribution >= 0.6 is 11.3 Å². The van der Waals surface area contributed by atoms with E-state index in [-0.39, 0.29) is 31.0 Å². The summed E-state index contributed by atoms with van der Waals surface area (Å²) in [5, 5.41) is 13.4. The van der Waals surface area contributed by atoms with Crippen molar-refractivity contribution >= 4 is 34.2 Å². The summed E-state index contributed by atoms with van der Waals surface area (Å²) in [7, 11) is 1.60. The molecule has 4 aromatic rings. The molecule has 10 heteroatoms. The van der Waals surface area contributed by atoms with E-state index < -0.39 is 6.04 Å². The first-order valence-electron chi connectivity index (χ1n) is 12.7. The maximum absolute atomic E-state index is 14.1. The Morgan fingerprint density at radius 1 is 1.21 bits per heavy atom. The second kappa shape index (κ2) is 11.7. The van der Waals surface area contributed by atoms with E-state index in [1.165, 1.54) is 11.3 Å². The summed E-state index contributed by atoms with van der Waals surface area (Å²) in [4.78, 5) is 30.3. The van der Waals surface area contributed by atoms with Gasteiger partial charge in [-0.1, -0.05) is 35.5 Å². The van der Waals surface area contributed by atoms with Crippen molar-refractivity contribution in [2.75, 3.05) is 20.3 Å². The van der Waals surface area contributed by atoms with Crippen LogP contribution in [-0.2, 0) is 27.4 Å². The smallest absolute Gasteiger partial charge is 0.248 e. The monoisotopic (exact) mass is 533 g/mol. The number of ether oxygens (including phenoxy) is 2. The summed E-state index contributed by atoms with van der Waals surface area (Å²) in [6.07, 6.45) is 1.88. The van der Waals surface area contributed by atoms with Crippen molar-refractivity contribution < 1.29 is 19.1 Å². The number of thiophene rings is 1. The zero-order chi connectivity index (χ0) is 26.5. The van der Waals surface area contributed by atoms with Gasteiger partial charge < -0.3 is 19.7 Å². The predicted molar refractivity (Wildman–Crippen MR) is 145 cm³/mol. The van der Waals surface area contributed by atoms with E-state index in [9.17, 15) is 9.59 Å². The predicted octanol–water partition coefficient (Wildman–Crippen LogP) is 3.88. The average molecular weight is 534 g/mol. The maximum atomic E-state index is 14.1. The normalized spacial score (nSPS) is 15.9. The number of carbonyl (C=O) groups is 2. The number of para-hydroxylation sites is 2. The van der Waals surface area contributed by atoms with Crippen LogP contribution in [0.1, 0.15) is 34.9 Å². The fourth-order valence-electron chi connectivity index (χ4n) is 4.78. The lowest BCUT2D eigenvalue weighted by molar-refractivity contribution is -0.142. The molecule has 3 heterocycles.